The summed E-state index contributed by atoms with van der Waals surface area (Å²) in [4.78, 5) is 103. The minimum Gasteiger partial charge on any atom is -0.398 e. The highest BCUT2D eigenvalue weighted by Gasteiger charge is 2.42. The Morgan fingerprint density at radius 1 is 0.447 bits per heavy atom. The Kier molecular flexibility index (Phi) is 9.26. The lowest BCUT2D eigenvalue weighted by molar-refractivity contribution is -0.127. The van der Waals surface area contributed by atoms with Crippen molar-refractivity contribution in [2.75, 3.05) is 22.9 Å². The number of rotatable bonds is 4. The SMILES string of the molecule is [2H]C1(N2Cc3c(N)cccc3C2=O)CCC(=C)NC1=O.[2H]C1([2H])c2c(N)cccc2C(=O)N1C1([2H])C(=O)NC(=C)CC1([2H])[2H].[2H]c1c([2H])c(N)c2c(c1[2H])C(=O)N(C1([2H])C(=O)NC(=C)CC1([2H])[2H])C2([2H])[2H].[2H]c1c([2H])c(N)c2c(c1[2H])C(=O)N(C1([2H])CCC(=C)NC1=O)C2. The van der Waals surface area contributed by atoms with Crippen molar-refractivity contribution in [2.45, 2.75) is 101 Å². The second kappa shape index (κ2) is 21.0. The number of nitrogens with one attached hydrogen (secondary N) is 4. The van der Waals surface area contributed by atoms with Crippen LogP contribution in [0.4, 0.5) is 22.7 Å². The Balaban J connectivity index is 0.000000148. The van der Waals surface area contributed by atoms with Gasteiger partial charge in [0.05, 0.1) is 19.2 Å². The van der Waals surface area contributed by atoms with Gasteiger partial charge in [0.25, 0.3) is 23.6 Å². The van der Waals surface area contributed by atoms with Crippen LogP contribution in [0.25, 0.3) is 0 Å². The van der Waals surface area contributed by atoms with Crippen molar-refractivity contribution in [3.05, 3.63) is 166 Å². The number of anilines is 4. The highest BCUT2D eigenvalue weighted by atomic mass is 16.2. The number of hydrogen-bond donors (Lipinski definition) is 8. The lowest BCUT2D eigenvalue weighted by atomic mass is 10.0. The van der Waals surface area contributed by atoms with E-state index < -0.39 is 151 Å². The zero-order valence-corrected chi connectivity index (χ0v) is 40.3. The molecule has 4 aromatic carbocycles. The fourth-order valence-corrected chi connectivity index (χ4v) is 8.70. The van der Waals surface area contributed by atoms with E-state index in [0.717, 1.165) is 4.90 Å². The van der Waals surface area contributed by atoms with Crippen molar-refractivity contribution in [3.63, 3.8) is 0 Å². The van der Waals surface area contributed by atoms with Crippen LogP contribution in [0.15, 0.2) is 122 Å². The molecule has 4 fully saturated rings. The normalized spacial score (nSPS) is 32.4. The third-order valence-corrected chi connectivity index (χ3v) is 12.6. The molecule has 8 amide bonds. The van der Waals surface area contributed by atoms with Gasteiger partial charge in [-0.05, 0) is 99.7 Å². The van der Waals surface area contributed by atoms with Crippen molar-refractivity contribution < 1.29 is 63.0 Å². The van der Waals surface area contributed by atoms with E-state index >= 15 is 0 Å². The topological polar surface area (TPSA) is 302 Å². The average molecular weight is 1050 g/mol. The summed E-state index contributed by atoms with van der Waals surface area (Å²) >= 11 is 0. The molecule has 0 radical (unpaired) electrons. The van der Waals surface area contributed by atoms with Gasteiger partial charge in [-0.25, -0.2) is 0 Å². The summed E-state index contributed by atoms with van der Waals surface area (Å²) in [5, 5.41) is 9.46. The van der Waals surface area contributed by atoms with Gasteiger partial charge in [-0.3, -0.25) is 38.4 Å². The minimum absolute atomic E-state index is 0.00172. The van der Waals surface area contributed by atoms with Gasteiger partial charge in [0.15, 0.2) is 0 Å². The molecule has 0 saturated carbocycles. The third kappa shape index (κ3) is 9.95. The molecular weight excluding hydrogens is 969 g/mol. The van der Waals surface area contributed by atoms with Gasteiger partial charge in [-0.15, -0.1) is 0 Å². The van der Waals surface area contributed by atoms with Gasteiger partial charge in [0, 0.05) is 122 Å². The first-order valence-corrected chi connectivity index (χ1v) is 23.1. The first-order valence-electron chi connectivity index (χ1n) is 32.1. The summed E-state index contributed by atoms with van der Waals surface area (Å²) in [6, 6.07) is -3.24. The van der Waals surface area contributed by atoms with Gasteiger partial charge in [-0.1, -0.05) is 50.5 Å². The van der Waals surface area contributed by atoms with Crippen LogP contribution in [0.3, 0.4) is 0 Å². The molecule has 8 aliphatic rings. The van der Waals surface area contributed by atoms with Crippen LogP contribution >= 0.6 is 0 Å². The molecule has 4 unspecified atom stereocenters. The summed E-state index contributed by atoms with van der Waals surface area (Å²) in [7, 11) is 0. The second-order valence-corrected chi connectivity index (χ2v) is 17.6. The molecule has 0 spiro atoms. The van der Waals surface area contributed by atoms with E-state index in [-0.39, 0.29) is 87.8 Å². The quantitative estimate of drug-likeness (QED) is 0.134. The largest absolute Gasteiger partial charge is 0.398 e. The van der Waals surface area contributed by atoms with Crippen LogP contribution in [0, 0.1) is 0 Å². The van der Waals surface area contributed by atoms with Crippen molar-refractivity contribution >= 4 is 70.0 Å². The van der Waals surface area contributed by atoms with Crippen molar-refractivity contribution in [1.29, 1.82) is 0 Å². The number of fused-ring (bicyclic) bond motifs is 4. The number of nitrogens with zero attached hydrogens (tertiary/aromatic N) is 4. The summed E-state index contributed by atoms with van der Waals surface area (Å²) in [5.41, 5.74) is 24.0. The summed E-state index contributed by atoms with van der Waals surface area (Å²) in [6.07, 6.45) is -4.99. The van der Waals surface area contributed by atoms with Gasteiger partial charge < -0.3 is 63.8 Å². The van der Waals surface area contributed by atoms with Crippen LogP contribution in [0.2, 0.25) is 0 Å². The fourth-order valence-electron chi connectivity index (χ4n) is 8.70. The molecule has 0 bridgehead atoms. The molecule has 4 saturated heterocycles. The number of benzene rings is 4. The molecule has 0 aliphatic carbocycles. The van der Waals surface area contributed by atoms with Gasteiger partial charge in [0.1, 0.15) is 24.1 Å². The Morgan fingerprint density at radius 2 is 0.789 bits per heavy atom. The van der Waals surface area contributed by atoms with E-state index in [0.29, 0.717) is 45.9 Å². The number of nitrogen functional groups attached to an aromatic ring is 4. The van der Waals surface area contributed by atoms with E-state index in [9.17, 15) is 38.4 Å². The van der Waals surface area contributed by atoms with Gasteiger partial charge >= 0.3 is 0 Å². The Bertz CT molecular complexity index is 4190. The predicted octanol–water partition coefficient (Wildman–Crippen LogP) is 4.07. The summed E-state index contributed by atoms with van der Waals surface area (Å²) in [5.74, 6) is -6.87. The molecule has 8 aliphatic heterocycles. The minimum atomic E-state index is -3.03. The van der Waals surface area contributed by atoms with Gasteiger partial charge in [-0.2, -0.15) is 0 Å². The van der Waals surface area contributed by atoms with E-state index in [2.05, 4.69) is 47.6 Å². The predicted molar refractivity (Wildman–Crippen MR) is 284 cm³/mol. The number of hydrogen-bond acceptors (Lipinski definition) is 12. The zero-order chi connectivity index (χ0) is 70.4. The standard InChI is InChI=1S/4C14H15N3O2/c4*1-8-5-6-12(13(18)16-8)17-7-10-9(14(17)19)3-2-4-11(10)15/h4*2-4,12H,1,5-7,15H2,(H,16,18)/i2D,3D,4D,6D2,7D2,12D;2D,3D,4D,12D;6D2,7D2,12D;12D. The van der Waals surface area contributed by atoms with E-state index in [1.807, 2.05) is 0 Å². The highest BCUT2D eigenvalue weighted by Crippen LogP contribution is 2.35. The maximum Gasteiger partial charge on any atom is 0.255 e. The Hall–Kier alpha value is -9.20. The van der Waals surface area contributed by atoms with Crippen molar-refractivity contribution in [3.8, 4) is 0 Å². The number of nitrogens with two attached hydrogens (primary N) is 4. The summed E-state index contributed by atoms with van der Waals surface area (Å²) < 4.78 is 146. The molecule has 20 heteroatoms. The lowest BCUT2D eigenvalue weighted by Crippen LogP contribution is -2.49. The first-order chi connectivity index (χ1) is 43.2. The molecule has 392 valence electrons. The van der Waals surface area contributed by atoms with Crippen LogP contribution in [0.1, 0.15) is 140 Å². The summed E-state index contributed by atoms with van der Waals surface area (Å²) in [6.45, 7) is 8.78. The molecule has 0 aromatic heterocycles. The molecule has 20 nitrogen and oxygen atoms in total. The van der Waals surface area contributed by atoms with E-state index in [4.69, 9.17) is 47.6 Å². The Labute approximate surface area is 464 Å². The Morgan fingerprint density at radius 3 is 1.22 bits per heavy atom. The molecule has 4 atom stereocenters. The number of piperidine rings is 4. The monoisotopic (exact) mass is 1050 g/mol. The molecule has 76 heavy (non-hydrogen) atoms. The number of carbonyl (C=O) groups excluding carboxylic acids is 8. The van der Waals surface area contributed by atoms with Crippen LogP contribution in [-0.4, -0.2) is 90.9 Å². The smallest absolute Gasteiger partial charge is 0.255 e. The highest BCUT2D eigenvalue weighted by molar-refractivity contribution is 6.05. The van der Waals surface area contributed by atoms with E-state index in [1.54, 1.807) is 18.2 Å². The number of amides is 8. The molecule has 4 aromatic rings. The van der Waals surface area contributed by atoms with Crippen LogP contribution in [0.5, 0.6) is 0 Å². The zero-order valence-electron chi connectivity index (χ0n) is 58.3. The molecule has 12 N–H and O–H groups in total. The van der Waals surface area contributed by atoms with Crippen LogP contribution in [-0.2, 0) is 45.3 Å². The second-order valence-electron chi connectivity index (χ2n) is 17.6. The van der Waals surface area contributed by atoms with Gasteiger partial charge in [0.2, 0.25) is 23.6 Å². The average Bonchev–Trinajstić information content (AvgIpc) is 1.50. The maximum atomic E-state index is 12.9. The lowest BCUT2D eigenvalue weighted by Gasteiger charge is -2.30. The molecule has 8 heterocycles. The van der Waals surface area contributed by atoms with Crippen LogP contribution < -0.4 is 44.2 Å². The number of carbonyl (C=O) groups is 8. The first kappa shape index (κ1) is 33.6. The maximum absolute atomic E-state index is 12.9. The van der Waals surface area contributed by atoms with Crippen molar-refractivity contribution in [1.82, 2.24) is 40.9 Å². The third-order valence-electron chi connectivity index (χ3n) is 12.6. The molecule has 12 rings (SSSR count). The number of allylic oxidation sites excluding steroid dienone is 4. The molecular formula is C56H60N12O8. The van der Waals surface area contributed by atoms with Crippen molar-refractivity contribution in [2.24, 2.45) is 0 Å². The fraction of sp³-hybridized carbons (Fsp3) is 0.286. The van der Waals surface area contributed by atoms with E-state index in [1.165, 1.54) is 23.1 Å².